The molecule has 0 radical (unpaired) electrons. The Hall–Kier alpha value is -1.39. The Morgan fingerprint density at radius 1 is 1.38 bits per heavy atom. The number of carbonyl (C=O) groups excluding carboxylic acids is 1. The van der Waals surface area contributed by atoms with Gasteiger partial charge in [0, 0.05) is 18.7 Å². The van der Waals surface area contributed by atoms with Crippen LogP contribution in [0.5, 0.6) is 0 Å². The molecule has 1 aliphatic heterocycles. The predicted molar refractivity (Wildman–Crippen MR) is 58.9 cm³/mol. The predicted octanol–water partition coefficient (Wildman–Crippen LogP) is 0.386. The fourth-order valence-corrected chi connectivity index (χ4v) is 1.86. The SMILES string of the molecule is O=C(c1ccc(CO)cc1)N1CC[C@H](O)C1. The van der Waals surface area contributed by atoms with Gasteiger partial charge in [-0.05, 0) is 24.1 Å². The van der Waals surface area contributed by atoms with Crippen molar-refractivity contribution < 1.29 is 15.0 Å². The molecule has 1 atom stereocenters. The smallest absolute Gasteiger partial charge is 0.253 e. The molecular formula is C12H15NO3. The van der Waals surface area contributed by atoms with Gasteiger partial charge >= 0.3 is 0 Å². The standard InChI is InChI=1S/C12H15NO3/c14-8-9-1-3-10(4-2-9)12(16)13-6-5-11(15)7-13/h1-4,11,14-15H,5-8H2/t11-/m0/s1. The number of β-amino-alcohol motifs (C(OH)–C–C–N with tert-alkyl or cyclic N) is 1. The van der Waals surface area contributed by atoms with Crippen molar-refractivity contribution >= 4 is 5.91 Å². The summed E-state index contributed by atoms with van der Waals surface area (Å²) in [4.78, 5) is 13.6. The van der Waals surface area contributed by atoms with Gasteiger partial charge in [-0.15, -0.1) is 0 Å². The average Bonchev–Trinajstić information content (AvgIpc) is 2.75. The van der Waals surface area contributed by atoms with Gasteiger partial charge in [0.25, 0.3) is 5.91 Å². The highest BCUT2D eigenvalue weighted by Crippen LogP contribution is 2.14. The minimum atomic E-state index is -0.388. The summed E-state index contributed by atoms with van der Waals surface area (Å²) in [6.45, 7) is 1.01. The van der Waals surface area contributed by atoms with Crippen molar-refractivity contribution in [1.29, 1.82) is 0 Å². The van der Waals surface area contributed by atoms with Crippen molar-refractivity contribution in [3.63, 3.8) is 0 Å². The van der Waals surface area contributed by atoms with E-state index in [1.165, 1.54) is 0 Å². The highest BCUT2D eigenvalue weighted by Gasteiger charge is 2.25. The molecule has 0 aromatic heterocycles. The Labute approximate surface area is 94.1 Å². The van der Waals surface area contributed by atoms with Crippen LogP contribution in [0, 0.1) is 0 Å². The number of hydrogen-bond acceptors (Lipinski definition) is 3. The second-order valence-electron chi connectivity index (χ2n) is 4.05. The van der Waals surface area contributed by atoms with Gasteiger partial charge in [0.1, 0.15) is 0 Å². The van der Waals surface area contributed by atoms with E-state index >= 15 is 0 Å². The lowest BCUT2D eigenvalue weighted by atomic mass is 10.1. The minimum Gasteiger partial charge on any atom is -0.392 e. The first-order chi connectivity index (χ1) is 7.70. The van der Waals surface area contributed by atoms with Crippen LogP contribution in [0.2, 0.25) is 0 Å². The van der Waals surface area contributed by atoms with Gasteiger partial charge in [0.05, 0.1) is 12.7 Å². The molecule has 86 valence electrons. The third-order valence-electron chi connectivity index (χ3n) is 2.83. The topological polar surface area (TPSA) is 60.8 Å². The maximum atomic E-state index is 11.9. The van der Waals surface area contributed by atoms with Crippen LogP contribution < -0.4 is 0 Å². The van der Waals surface area contributed by atoms with Crippen molar-refractivity contribution in [2.45, 2.75) is 19.1 Å². The number of aliphatic hydroxyl groups excluding tert-OH is 2. The van der Waals surface area contributed by atoms with Crippen molar-refractivity contribution in [2.24, 2.45) is 0 Å². The van der Waals surface area contributed by atoms with Gasteiger partial charge in [0.2, 0.25) is 0 Å². The molecule has 1 aromatic rings. The molecule has 1 heterocycles. The highest BCUT2D eigenvalue weighted by molar-refractivity contribution is 5.94. The maximum Gasteiger partial charge on any atom is 0.253 e. The fraction of sp³-hybridized carbons (Fsp3) is 0.417. The molecule has 1 amide bonds. The Morgan fingerprint density at radius 2 is 2.06 bits per heavy atom. The van der Waals surface area contributed by atoms with Gasteiger partial charge < -0.3 is 15.1 Å². The van der Waals surface area contributed by atoms with Crippen molar-refractivity contribution in [3.8, 4) is 0 Å². The zero-order valence-electron chi connectivity index (χ0n) is 8.97. The molecule has 1 fully saturated rings. The summed E-state index contributed by atoms with van der Waals surface area (Å²) < 4.78 is 0. The first-order valence-electron chi connectivity index (χ1n) is 5.38. The maximum absolute atomic E-state index is 11.9. The average molecular weight is 221 g/mol. The molecule has 4 nitrogen and oxygen atoms in total. The first kappa shape index (κ1) is 11.1. The third kappa shape index (κ3) is 2.23. The number of hydrogen-bond donors (Lipinski definition) is 2. The number of likely N-dealkylation sites (tertiary alicyclic amines) is 1. The van der Waals surface area contributed by atoms with Gasteiger partial charge in [0.15, 0.2) is 0 Å². The van der Waals surface area contributed by atoms with Crippen LogP contribution in [0.15, 0.2) is 24.3 Å². The van der Waals surface area contributed by atoms with E-state index in [1.54, 1.807) is 29.2 Å². The van der Waals surface area contributed by atoms with Crippen molar-refractivity contribution in [2.75, 3.05) is 13.1 Å². The Bertz CT molecular complexity index is 374. The lowest BCUT2D eigenvalue weighted by Crippen LogP contribution is -2.29. The second kappa shape index (κ2) is 4.63. The highest BCUT2D eigenvalue weighted by atomic mass is 16.3. The van der Waals surface area contributed by atoms with Gasteiger partial charge in [-0.2, -0.15) is 0 Å². The molecule has 16 heavy (non-hydrogen) atoms. The quantitative estimate of drug-likeness (QED) is 0.759. The minimum absolute atomic E-state index is 0.0170. The van der Waals surface area contributed by atoms with E-state index in [1.807, 2.05) is 0 Å². The number of aliphatic hydroxyl groups is 2. The summed E-state index contributed by atoms with van der Waals surface area (Å²) in [5.74, 6) is -0.0546. The molecule has 0 spiro atoms. The molecule has 2 rings (SSSR count). The lowest BCUT2D eigenvalue weighted by Gasteiger charge is -2.15. The third-order valence-corrected chi connectivity index (χ3v) is 2.83. The largest absolute Gasteiger partial charge is 0.392 e. The number of benzene rings is 1. The van der Waals surface area contributed by atoms with E-state index < -0.39 is 0 Å². The monoisotopic (exact) mass is 221 g/mol. The van der Waals surface area contributed by atoms with Crippen LogP contribution >= 0.6 is 0 Å². The fourth-order valence-electron chi connectivity index (χ4n) is 1.86. The normalized spacial score (nSPS) is 20.1. The lowest BCUT2D eigenvalue weighted by molar-refractivity contribution is 0.0765. The summed E-state index contributed by atoms with van der Waals surface area (Å²) in [6, 6.07) is 6.89. The van der Waals surface area contributed by atoms with E-state index in [0.29, 0.717) is 25.1 Å². The van der Waals surface area contributed by atoms with E-state index in [-0.39, 0.29) is 18.6 Å². The molecule has 0 bridgehead atoms. The molecule has 0 aliphatic carbocycles. The molecule has 1 aromatic carbocycles. The zero-order valence-corrected chi connectivity index (χ0v) is 8.97. The first-order valence-corrected chi connectivity index (χ1v) is 5.38. The molecule has 0 saturated carbocycles. The summed E-state index contributed by atoms with van der Waals surface area (Å²) >= 11 is 0. The molecular weight excluding hydrogens is 206 g/mol. The summed E-state index contributed by atoms with van der Waals surface area (Å²) in [5, 5.41) is 18.2. The molecule has 0 unspecified atom stereocenters. The zero-order chi connectivity index (χ0) is 11.5. The molecule has 4 heteroatoms. The van der Waals surface area contributed by atoms with E-state index in [2.05, 4.69) is 0 Å². The number of rotatable bonds is 2. The van der Waals surface area contributed by atoms with E-state index in [4.69, 9.17) is 5.11 Å². The molecule has 1 aliphatic rings. The second-order valence-corrected chi connectivity index (χ2v) is 4.05. The summed E-state index contributed by atoms with van der Waals surface area (Å²) in [7, 11) is 0. The number of amides is 1. The van der Waals surface area contributed by atoms with Crippen LogP contribution in [-0.4, -0.2) is 40.2 Å². The summed E-state index contributed by atoms with van der Waals surface area (Å²) in [6.07, 6.45) is 0.265. The number of carbonyl (C=O) groups is 1. The summed E-state index contributed by atoms with van der Waals surface area (Å²) in [5.41, 5.74) is 1.39. The van der Waals surface area contributed by atoms with Crippen LogP contribution in [0.3, 0.4) is 0 Å². The van der Waals surface area contributed by atoms with Crippen molar-refractivity contribution in [3.05, 3.63) is 35.4 Å². The number of nitrogens with zero attached hydrogens (tertiary/aromatic N) is 1. The van der Waals surface area contributed by atoms with Gasteiger partial charge in [-0.25, -0.2) is 0 Å². The van der Waals surface area contributed by atoms with Crippen LogP contribution in [0.25, 0.3) is 0 Å². The van der Waals surface area contributed by atoms with Crippen LogP contribution in [-0.2, 0) is 6.61 Å². The molecule has 2 N–H and O–H groups in total. The molecule has 1 saturated heterocycles. The van der Waals surface area contributed by atoms with E-state index in [0.717, 1.165) is 5.56 Å². The van der Waals surface area contributed by atoms with Crippen LogP contribution in [0.1, 0.15) is 22.3 Å². The Morgan fingerprint density at radius 3 is 2.56 bits per heavy atom. The van der Waals surface area contributed by atoms with Gasteiger partial charge in [-0.1, -0.05) is 12.1 Å². The Balaban J connectivity index is 2.08. The Kier molecular flexibility index (Phi) is 3.22. The van der Waals surface area contributed by atoms with Crippen molar-refractivity contribution in [1.82, 2.24) is 4.90 Å². The van der Waals surface area contributed by atoms with E-state index in [9.17, 15) is 9.90 Å². The van der Waals surface area contributed by atoms with Gasteiger partial charge in [-0.3, -0.25) is 4.79 Å². The van der Waals surface area contributed by atoms with Crippen LogP contribution in [0.4, 0.5) is 0 Å².